The van der Waals surface area contributed by atoms with E-state index in [1.807, 2.05) is 27.7 Å². The molecule has 2 fully saturated rings. The van der Waals surface area contributed by atoms with Gasteiger partial charge in [-0.15, -0.1) is 0 Å². The first-order valence-electron chi connectivity index (χ1n) is 7.32. The third kappa shape index (κ3) is 2.93. The normalized spacial score (nSPS) is 30.3. The molecule has 2 aliphatic rings. The van der Waals surface area contributed by atoms with Crippen molar-refractivity contribution < 1.29 is 9.59 Å². The lowest BCUT2D eigenvalue weighted by Crippen LogP contribution is -2.66. The van der Waals surface area contributed by atoms with E-state index in [2.05, 4.69) is 12.2 Å². The highest BCUT2D eigenvalue weighted by Gasteiger charge is 2.44. The summed E-state index contributed by atoms with van der Waals surface area (Å²) in [5, 5.41) is 2.87. The van der Waals surface area contributed by atoms with Crippen molar-refractivity contribution in [3.63, 3.8) is 0 Å². The zero-order valence-electron chi connectivity index (χ0n) is 12.7. The minimum Gasteiger partial charge on any atom is -0.342 e. The van der Waals surface area contributed by atoms with E-state index in [4.69, 9.17) is 0 Å². The summed E-state index contributed by atoms with van der Waals surface area (Å²) in [4.78, 5) is 26.5. The van der Waals surface area contributed by atoms with E-state index in [9.17, 15) is 9.59 Å². The van der Waals surface area contributed by atoms with Gasteiger partial charge in [-0.05, 0) is 37.0 Å². The average Bonchev–Trinajstić information content (AvgIpc) is 3.11. The Balaban J connectivity index is 2.13. The number of hydrogen-bond donors (Lipinski definition) is 1. The molecule has 19 heavy (non-hydrogen) atoms. The maximum Gasteiger partial charge on any atom is 0.246 e. The second kappa shape index (κ2) is 4.80. The Morgan fingerprint density at radius 2 is 1.89 bits per heavy atom. The van der Waals surface area contributed by atoms with Crippen LogP contribution < -0.4 is 5.32 Å². The largest absolute Gasteiger partial charge is 0.342 e. The van der Waals surface area contributed by atoms with Gasteiger partial charge in [0, 0.05) is 6.54 Å². The molecule has 1 aliphatic carbocycles. The topological polar surface area (TPSA) is 49.4 Å². The fourth-order valence-corrected chi connectivity index (χ4v) is 2.78. The van der Waals surface area contributed by atoms with Crippen LogP contribution in [-0.2, 0) is 9.59 Å². The van der Waals surface area contributed by atoms with Crippen molar-refractivity contribution in [2.24, 2.45) is 17.3 Å². The number of nitrogens with zero attached hydrogens (tertiary/aromatic N) is 1. The quantitative estimate of drug-likeness (QED) is 0.846. The van der Waals surface area contributed by atoms with Crippen LogP contribution >= 0.6 is 0 Å². The van der Waals surface area contributed by atoms with Gasteiger partial charge >= 0.3 is 0 Å². The smallest absolute Gasteiger partial charge is 0.246 e. The molecule has 4 heteroatoms. The van der Waals surface area contributed by atoms with E-state index < -0.39 is 6.04 Å². The maximum atomic E-state index is 12.6. The molecule has 1 N–H and O–H groups in total. The van der Waals surface area contributed by atoms with E-state index in [1.54, 1.807) is 4.90 Å². The summed E-state index contributed by atoms with van der Waals surface area (Å²) in [7, 11) is 0. The predicted octanol–water partition coefficient (Wildman–Crippen LogP) is 1.79. The lowest BCUT2D eigenvalue weighted by atomic mass is 9.83. The molecule has 1 saturated carbocycles. The number of carbonyl (C=O) groups is 2. The summed E-state index contributed by atoms with van der Waals surface area (Å²) in [6.07, 6.45) is 2.54. The fraction of sp³-hybridized carbons (Fsp3) is 0.867. The summed E-state index contributed by atoms with van der Waals surface area (Å²) in [5.41, 5.74) is -0.242. The van der Waals surface area contributed by atoms with Gasteiger partial charge in [0.25, 0.3) is 0 Å². The second-order valence-corrected chi connectivity index (χ2v) is 7.29. The molecule has 0 bridgehead atoms. The Morgan fingerprint density at radius 1 is 1.32 bits per heavy atom. The number of hydrogen-bond acceptors (Lipinski definition) is 2. The van der Waals surface area contributed by atoms with Gasteiger partial charge in [-0.3, -0.25) is 9.59 Å². The third-order valence-corrected chi connectivity index (χ3v) is 4.44. The summed E-state index contributed by atoms with van der Waals surface area (Å²) < 4.78 is 0. The highest BCUT2D eigenvalue weighted by atomic mass is 16.2. The molecule has 0 aromatic heterocycles. The fourth-order valence-electron chi connectivity index (χ4n) is 2.78. The molecule has 0 aromatic carbocycles. The first kappa shape index (κ1) is 14.4. The summed E-state index contributed by atoms with van der Waals surface area (Å²) in [6.45, 7) is 10.7. The van der Waals surface area contributed by atoms with Crippen molar-refractivity contribution in [2.75, 3.05) is 6.54 Å². The van der Waals surface area contributed by atoms with Gasteiger partial charge in [-0.2, -0.15) is 0 Å². The van der Waals surface area contributed by atoms with Gasteiger partial charge in [0.15, 0.2) is 0 Å². The first-order chi connectivity index (χ1) is 8.71. The van der Waals surface area contributed by atoms with Gasteiger partial charge < -0.3 is 10.2 Å². The lowest BCUT2D eigenvalue weighted by molar-refractivity contribution is -0.152. The molecule has 3 unspecified atom stereocenters. The SMILES string of the molecule is CC(CN1C(=O)C(C(C)(C)C)NC(=O)C1C)C1CC1. The van der Waals surface area contributed by atoms with Crippen molar-refractivity contribution in [2.45, 2.75) is 59.5 Å². The molecule has 4 nitrogen and oxygen atoms in total. The Morgan fingerprint density at radius 3 is 2.37 bits per heavy atom. The summed E-state index contributed by atoms with van der Waals surface area (Å²) >= 11 is 0. The standard InChI is InChI=1S/C15H26N2O2/c1-9(11-6-7-11)8-17-10(2)13(18)16-12(14(17)19)15(3,4)5/h9-12H,6-8H2,1-5H3,(H,16,18). The molecule has 1 aliphatic heterocycles. The lowest BCUT2D eigenvalue weighted by Gasteiger charge is -2.43. The van der Waals surface area contributed by atoms with Crippen molar-refractivity contribution in [3.8, 4) is 0 Å². The van der Waals surface area contributed by atoms with Crippen molar-refractivity contribution in [1.82, 2.24) is 10.2 Å². The average molecular weight is 266 g/mol. The monoisotopic (exact) mass is 266 g/mol. The highest BCUT2D eigenvalue weighted by molar-refractivity contribution is 5.97. The van der Waals surface area contributed by atoms with Crippen LogP contribution in [0.2, 0.25) is 0 Å². The first-order valence-corrected chi connectivity index (χ1v) is 7.32. The van der Waals surface area contributed by atoms with E-state index in [1.165, 1.54) is 12.8 Å². The molecule has 2 amide bonds. The minimum atomic E-state index is -0.400. The molecule has 0 radical (unpaired) electrons. The van der Waals surface area contributed by atoms with Crippen molar-refractivity contribution in [1.29, 1.82) is 0 Å². The van der Waals surface area contributed by atoms with Crippen LogP contribution in [0.1, 0.15) is 47.5 Å². The van der Waals surface area contributed by atoms with Crippen LogP contribution in [0.15, 0.2) is 0 Å². The van der Waals surface area contributed by atoms with Gasteiger partial charge in [0.05, 0.1) is 0 Å². The van der Waals surface area contributed by atoms with Gasteiger partial charge in [-0.1, -0.05) is 27.7 Å². The van der Waals surface area contributed by atoms with Crippen LogP contribution in [0.25, 0.3) is 0 Å². The van der Waals surface area contributed by atoms with Crippen LogP contribution in [0.4, 0.5) is 0 Å². The second-order valence-electron chi connectivity index (χ2n) is 7.29. The molecule has 2 rings (SSSR count). The highest BCUT2D eigenvalue weighted by Crippen LogP contribution is 2.37. The van der Waals surface area contributed by atoms with Gasteiger partial charge in [0.2, 0.25) is 11.8 Å². The molecular weight excluding hydrogens is 240 g/mol. The number of amides is 2. The zero-order valence-corrected chi connectivity index (χ0v) is 12.7. The number of rotatable bonds is 3. The summed E-state index contributed by atoms with van der Waals surface area (Å²) in [5.74, 6) is 1.30. The predicted molar refractivity (Wildman–Crippen MR) is 74.4 cm³/mol. The molecule has 0 spiro atoms. The van der Waals surface area contributed by atoms with Crippen molar-refractivity contribution >= 4 is 11.8 Å². The minimum absolute atomic E-state index is 0.0254. The third-order valence-electron chi connectivity index (χ3n) is 4.44. The van der Waals surface area contributed by atoms with Crippen LogP contribution in [-0.4, -0.2) is 35.3 Å². The Hall–Kier alpha value is -1.06. The Kier molecular flexibility index (Phi) is 3.63. The van der Waals surface area contributed by atoms with E-state index in [-0.39, 0.29) is 23.3 Å². The Labute approximate surface area is 115 Å². The number of piperazine rings is 1. The number of nitrogens with one attached hydrogen (secondary N) is 1. The zero-order chi connectivity index (χ0) is 14.4. The van der Waals surface area contributed by atoms with E-state index in [0.29, 0.717) is 12.5 Å². The molecule has 1 heterocycles. The molecular formula is C15H26N2O2. The van der Waals surface area contributed by atoms with E-state index >= 15 is 0 Å². The molecule has 0 aromatic rings. The molecule has 1 saturated heterocycles. The maximum absolute atomic E-state index is 12.6. The molecule has 3 atom stereocenters. The van der Waals surface area contributed by atoms with Crippen LogP contribution in [0.3, 0.4) is 0 Å². The van der Waals surface area contributed by atoms with Crippen LogP contribution in [0, 0.1) is 17.3 Å². The van der Waals surface area contributed by atoms with Crippen LogP contribution in [0.5, 0.6) is 0 Å². The summed E-state index contributed by atoms with van der Waals surface area (Å²) in [6, 6.07) is -0.741. The molecule has 108 valence electrons. The van der Waals surface area contributed by atoms with Gasteiger partial charge in [0.1, 0.15) is 12.1 Å². The van der Waals surface area contributed by atoms with Gasteiger partial charge in [-0.25, -0.2) is 0 Å². The Bertz CT molecular complexity index is 382. The van der Waals surface area contributed by atoms with Crippen molar-refractivity contribution in [3.05, 3.63) is 0 Å². The number of carbonyl (C=O) groups excluding carboxylic acids is 2. The van der Waals surface area contributed by atoms with E-state index in [0.717, 1.165) is 5.92 Å².